The molecule has 126 valence electrons. The van der Waals surface area contributed by atoms with Crippen LogP contribution in [0.3, 0.4) is 0 Å². The summed E-state index contributed by atoms with van der Waals surface area (Å²) in [7, 11) is -0.959. The molecular formula is C16H17N3O4S. The highest BCUT2D eigenvalue weighted by atomic mass is 32.2. The van der Waals surface area contributed by atoms with Crippen molar-refractivity contribution in [2.45, 2.75) is 11.8 Å². The van der Waals surface area contributed by atoms with E-state index in [-0.39, 0.29) is 10.6 Å². The Hall–Kier alpha value is -2.74. The lowest BCUT2D eigenvalue weighted by Crippen LogP contribution is -2.15. The number of fused-ring (bicyclic) bond motifs is 1. The zero-order valence-electron chi connectivity index (χ0n) is 13.5. The average Bonchev–Trinajstić information content (AvgIpc) is 3.01. The first-order valence-corrected chi connectivity index (χ1v) is 8.61. The van der Waals surface area contributed by atoms with Gasteiger partial charge in [-0.25, -0.2) is 8.42 Å². The fraction of sp³-hybridized carbons (Fsp3) is 0.188. The Morgan fingerprint density at radius 2 is 1.92 bits per heavy atom. The summed E-state index contributed by atoms with van der Waals surface area (Å²) < 4.78 is 38.5. The lowest BCUT2D eigenvalue weighted by molar-refractivity contribution is 0.392. The van der Waals surface area contributed by atoms with E-state index in [4.69, 9.17) is 9.47 Å². The summed E-state index contributed by atoms with van der Waals surface area (Å²) in [4.78, 5) is 0.00783. The van der Waals surface area contributed by atoms with Crippen LogP contribution in [-0.4, -0.2) is 32.8 Å². The Balaban J connectivity index is 2.05. The van der Waals surface area contributed by atoms with E-state index in [1.54, 1.807) is 24.4 Å². The molecule has 24 heavy (non-hydrogen) atoms. The molecule has 7 nitrogen and oxygen atoms in total. The number of aryl methyl sites for hydroxylation is 1. The van der Waals surface area contributed by atoms with Crippen molar-refractivity contribution in [2.24, 2.45) is 0 Å². The highest BCUT2D eigenvalue weighted by molar-refractivity contribution is 7.92. The van der Waals surface area contributed by atoms with Crippen LogP contribution in [0.25, 0.3) is 10.9 Å². The normalized spacial score (nSPS) is 11.5. The fourth-order valence-electron chi connectivity index (χ4n) is 2.41. The van der Waals surface area contributed by atoms with E-state index in [1.165, 1.54) is 20.3 Å². The van der Waals surface area contributed by atoms with Crippen molar-refractivity contribution in [1.29, 1.82) is 0 Å². The smallest absolute Gasteiger partial charge is 0.265 e. The molecule has 2 aromatic carbocycles. The van der Waals surface area contributed by atoms with Gasteiger partial charge in [-0.1, -0.05) is 0 Å². The maximum absolute atomic E-state index is 12.8. The van der Waals surface area contributed by atoms with Gasteiger partial charge in [-0.3, -0.25) is 9.82 Å². The number of methoxy groups -OCH3 is 2. The van der Waals surface area contributed by atoms with Crippen LogP contribution in [0.1, 0.15) is 5.56 Å². The van der Waals surface area contributed by atoms with Gasteiger partial charge >= 0.3 is 0 Å². The number of aromatic amines is 1. The number of hydrogen-bond acceptors (Lipinski definition) is 5. The quantitative estimate of drug-likeness (QED) is 0.740. The average molecular weight is 347 g/mol. The Morgan fingerprint density at radius 1 is 1.12 bits per heavy atom. The lowest BCUT2D eigenvalue weighted by Gasteiger charge is -2.14. The molecule has 0 fully saturated rings. The van der Waals surface area contributed by atoms with Gasteiger partial charge in [-0.2, -0.15) is 5.10 Å². The molecule has 0 saturated carbocycles. The summed E-state index contributed by atoms with van der Waals surface area (Å²) >= 11 is 0. The third kappa shape index (κ3) is 2.88. The number of nitrogens with one attached hydrogen (secondary N) is 2. The number of benzene rings is 2. The van der Waals surface area contributed by atoms with E-state index >= 15 is 0 Å². The standard InChI is InChI=1S/C16H17N3O4S/c1-10-6-11-9-17-18-14(11)8-13(10)19-24(20,21)16-7-12(22-2)4-5-15(16)23-3/h4-9,19H,1-3H3,(H,17,18). The van der Waals surface area contributed by atoms with Crippen molar-refractivity contribution >= 4 is 26.6 Å². The second-order valence-corrected chi connectivity index (χ2v) is 6.90. The van der Waals surface area contributed by atoms with Crippen molar-refractivity contribution in [3.8, 4) is 11.5 Å². The summed E-state index contributed by atoms with van der Waals surface area (Å²) in [6.45, 7) is 1.83. The monoisotopic (exact) mass is 347 g/mol. The van der Waals surface area contributed by atoms with Gasteiger partial charge in [0, 0.05) is 11.5 Å². The Bertz CT molecular complexity index is 996. The summed E-state index contributed by atoms with van der Waals surface area (Å²) in [5.74, 6) is 0.667. The molecule has 0 amide bonds. The van der Waals surface area contributed by atoms with Gasteiger partial charge in [0.1, 0.15) is 16.4 Å². The van der Waals surface area contributed by atoms with Gasteiger partial charge in [0.2, 0.25) is 0 Å². The highest BCUT2D eigenvalue weighted by Crippen LogP contribution is 2.31. The van der Waals surface area contributed by atoms with Gasteiger partial charge < -0.3 is 9.47 Å². The van der Waals surface area contributed by atoms with Crippen molar-refractivity contribution in [3.05, 3.63) is 42.1 Å². The maximum atomic E-state index is 12.8. The van der Waals surface area contributed by atoms with Crippen LogP contribution < -0.4 is 14.2 Å². The molecule has 0 aliphatic rings. The van der Waals surface area contributed by atoms with E-state index in [2.05, 4.69) is 14.9 Å². The molecule has 0 saturated heterocycles. The number of rotatable bonds is 5. The van der Waals surface area contributed by atoms with Crippen LogP contribution in [0, 0.1) is 6.92 Å². The van der Waals surface area contributed by atoms with Gasteiger partial charge in [-0.05, 0) is 36.8 Å². The van der Waals surface area contributed by atoms with Crippen LogP contribution in [-0.2, 0) is 10.0 Å². The Kier molecular flexibility index (Phi) is 4.06. The van der Waals surface area contributed by atoms with Crippen LogP contribution in [0.15, 0.2) is 41.4 Å². The summed E-state index contributed by atoms with van der Waals surface area (Å²) in [5, 5.41) is 7.68. The summed E-state index contributed by atoms with van der Waals surface area (Å²) in [5.41, 5.74) is 2.00. The second-order valence-electron chi connectivity index (χ2n) is 5.25. The molecule has 0 bridgehead atoms. The second kappa shape index (κ2) is 6.04. The summed E-state index contributed by atoms with van der Waals surface area (Å²) in [6, 6.07) is 8.19. The first-order chi connectivity index (χ1) is 11.4. The minimum Gasteiger partial charge on any atom is -0.497 e. The highest BCUT2D eigenvalue weighted by Gasteiger charge is 2.21. The first-order valence-electron chi connectivity index (χ1n) is 7.13. The molecule has 0 spiro atoms. The van der Waals surface area contributed by atoms with Gasteiger partial charge in [0.25, 0.3) is 10.0 Å². The van der Waals surface area contributed by atoms with Crippen molar-refractivity contribution in [3.63, 3.8) is 0 Å². The van der Waals surface area contributed by atoms with E-state index in [0.29, 0.717) is 11.4 Å². The van der Waals surface area contributed by atoms with Crippen molar-refractivity contribution in [2.75, 3.05) is 18.9 Å². The zero-order valence-corrected chi connectivity index (χ0v) is 14.3. The zero-order chi connectivity index (χ0) is 17.3. The summed E-state index contributed by atoms with van der Waals surface area (Å²) in [6.07, 6.45) is 1.69. The molecule has 1 heterocycles. The Labute approximate surface area is 139 Å². The molecule has 0 aliphatic heterocycles. The largest absolute Gasteiger partial charge is 0.497 e. The SMILES string of the molecule is COc1ccc(OC)c(S(=O)(=O)Nc2cc3[nH]ncc3cc2C)c1. The molecule has 2 N–H and O–H groups in total. The topological polar surface area (TPSA) is 93.3 Å². The van der Waals surface area contributed by atoms with Crippen LogP contribution in [0.4, 0.5) is 5.69 Å². The predicted octanol–water partition coefficient (Wildman–Crippen LogP) is 2.69. The molecule has 8 heteroatoms. The predicted molar refractivity (Wildman–Crippen MR) is 91.2 cm³/mol. The minimum atomic E-state index is -3.85. The molecular weight excluding hydrogens is 330 g/mol. The molecule has 3 rings (SSSR count). The number of aromatic nitrogens is 2. The number of hydrogen-bond donors (Lipinski definition) is 2. The first kappa shape index (κ1) is 16.1. The van der Waals surface area contributed by atoms with Gasteiger partial charge in [-0.15, -0.1) is 0 Å². The van der Waals surface area contributed by atoms with Crippen molar-refractivity contribution < 1.29 is 17.9 Å². The van der Waals surface area contributed by atoms with Gasteiger partial charge in [0.05, 0.1) is 31.6 Å². The van der Waals surface area contributed by atoms with Crippen molar-refractivity contribution in [1.82, 2.24) is 10.2 Å². The fourth-order valence-corrected chi connectivity index (χ4v) is 3.72. The number of ether oxygens (including phenoxy) is 2. The third-order valence-electron chi connectivity index (χ3n) is 3.69. The van der Waals surface area contributed by atoms with Crippen LogP contribution in [0.2, 0.25) is 0 Å². The van der Waals surface area contributed by atoms with E-state index in [9.17, 15) is 8.42 Å². The molecule has 0 atom stereocenters. The Morgan fingerprint density at radius 3 is 2.62 bits per heavy atom. The van der Waals surface area contributed by atoms with E-state index in [0.717, 1.165) is 16.5 Å². The van der Waals surface area contributed by atoms with E-state index < -0.39 is 10.0 Å². The number of anilines is 1. The van der Waals surface area contributed by atoms with Crippen LogP contribution in [0.5, 0.6) is 11.5 Å². The van der Waals surface area contributed by atoms with Crippen LogP contribution >= 0.6 is 0 Å². The molecule has 3 aromatic rings. The molecule has 0 unspecified atom stereocenters. The molecule has 0 aliphatic carbocycles. The third-order valence-corrected chi connectivity index (χ3v) is 5.08. The minimum absolute atomic E-state index is 0.00783. The number of sulfonamides is 1. The van der Waals surface area contributed by atoms with E-state index in [1.807, 2.05) is 13.0 Å². The maximum Gasteiger partial charge on any atom is 0.265 e. The molecule has 0 radical (unpaired) electrons. The van der Waals surface area contributed by atoms with Gasteiger partial charge in [0.15, 0.2) is 0 Å². The lowest BCUT2D eigenvalue weighted by atomic mass is 10.1. The molecule has 1 aromatic heterocycles. The number of nitrogens with zero attached hydrogens (tertiary/aromatic N) is 1. The number of H-pyrrole nitrogens is 1.